The van der Waals surface area contributed by atoms with Crippen LogP contribution in [-0.4, -0.2) is 14.4 Å². The molecule has 4 rings (SSSR count). The van der Waals surface area contributed by atoms with Gasteiger partial charge in [0, 0.05) is 16.5 Å². The van der Waals surface area contributed by atoms with E-state index in [0.717, 1.165) is 5.39 Å². The number of nitrogen functional groups attached to an aromatic ring is 1. The minimum atomic E-state index is -4.32. The molecule has 0 amide bonds. The summed E-state index contributed by atoms with van der Waals surface area (Å²) >= 11 is 0. The third-order valence-electron chi connectivity index (χ3n) is 4.38. The Balaban J connectivity index is 1.78. The van der Waals surface area contributed by atoms with Crippen LogP contribution in [0.25, 0.3) is 21.5 Å². The lowest BCUT2D eigenvalue weighted by Gasteiger charge is -2.11. The van der Waals surface area contributed by atoms with Gasteiger partial charge in [0.25, 0.3) is 0 Å². The van der Waals surface area contributed by atoms with Crippen LogP contribution in [0.2, 0.25) is 0 Å². The van der Waals surface area contributed by atoms with Crippen LogP contribution in [0.3, 0.4) is 0 Å². The molecule has 134 valence electrons. The molecule has 0 aliphatic rings. The Hall–Kier alpha value is -3.38. The number of carbonyl (C=O) groups excluding carboxylic acids is 1. The summed E-state index contributed by atoms with van der Waals surface area (Å²) in [4.78, 5) is 12.5. The Labute approximate surface area is 156 Å². The molecule has 0 saturated carbocycles. The molecule has 2 N–H and O–H groups in total. The Kier molecular flexibility index (Phi) is 4.05. The van der Waals surface area contributed by atoms with Gasteiger partial charge in [-0.1, -0.05) is 60.7 Å². The summed E-state index contributed by atoms with van der Waals surface area (Å²) in [6.07, 6.45) is 0. The van der Waals surface area contributed by atoms with Crippen molar-refractivity contribution in [2.75, 3.05) is 5.73 Å². The molecular formula is C21H15NO4S. The maximum Gasteiger partial charge on any atom is 0.354 e. The number of anilines is 1. The second-order valence-electron chi connectivity index (χ2n) is 6.05. The van der Waals surface area contributed by atoms with Crippen molar-refractivity contribution >= 4 is 43.3 Å². The van der Waals surface area contributed by atoms with Gasteiger partial charge < -0.3 is 9.92 Å². The van der Waals surface area contributed by atoms with E-state index in [1.807, 2.05) is 18.2 Å². The molecule has 0 atom stereocenters. The standard InChI is InChI=1S/C21H15NO4S/c22-19-12-13-20(17-10-4-3-9-16(17)19)27(24,25)26-21(23)18-11-5-7-14-6-1-2-8-15(14)18/h1-13H,22H2. The number of hydrogen-bond acceptors (Lipinski definition) is 5. The molecule has 0 saturated heterocycles. The van der Waals surface area contributed by atoms with E-state index < -0.39 is 16.1 Å². The number of rotatable bonds is 3. The van der Waals surface area contributed by atoms with Crippen LogP contribution in [0.15, 0.2) is 83.8 Å². The normalized spacial score (nSPS) is 11.6. The largest absolute Gasteiger partial charge is 0.398 e. The topological polar surface area (TPSA) is 86.5 Å². The minimum absolute atomic E-state index is 0.0964. The van der Waals surface area contributed by atoms with E-state index in [4.69, 9.17) is 9.92 Å². The van der Waals surface area contributed by atoms with Crippen molar-refractivity contribution in [2.24, 2.45) is 0 Å². The van der Waals surface area contributed by atoms with Crippen molar-refractivity contribution in [1.29, 1.82) is 0 Å². The van der Waals surface area contributed by atoms with Gasteiger partial charge in [-0.05, 0) is 29.0 Å². The van der Waals surface area contributed by atoms with Gasteiger partial charge in [0.05, 0.1) is 5.56 Å². The van der Waals surface area contributed by atoms with Gasteiger partial charge in [0.15, 0.2) is 0 Å². The molecule has 0 radical (unpaired) electrons. The third kappa shape index (κ3) is 3.00. The summed E-state index contributed by atoms with van der Waals surface area (Å²) in [5.74, 6) is -0.923. The predicted octanol–water partition coefficient (Wildman–Crippen LogP) is 4.12. The molecule has 0 bridgehead atoms. The van der Waals surface area contributed by atoms with Crippen molar-refractivity contribution in [1.82, 2.24) is 0 Å². The van der Waals surface area contributed by atoms with Gasteiger partial charge in [0.1, 0.15) is 4.90 Å². The van der Waals surface area contributed by atoms with Gasteiger partial charge in [-0.3, -0.25) is 0 Å². The second-order valence-corrected chi connectivity index (χ2v) is 7.56. The Morgan fingerprint density at radius 1 is 0.741 bits per heavy atom. The summed E-state index contributed by atoms with van der Waals surface area (Å²) in [5, 5.41) is 2.44. The molecule has 0 aromatic heterocycles. The van der Waals surface area contributed by atoms with E-state index in [-0.39, 0.29) is 10.5 Å². The lowest BCUT2D eigenvalue weighted by molar-refractivity contribution is 0.0749. The first-order valence-corrected chi connectivity index (χ1v) is 9.62. The molecule has 0 heterocycles. The number of fused-ring (bicyclic) bond motifs is 2. The van der Waals surface area contributed by atoms with Crippen LogP contribution in [-0.2, 0) is 14.3 Å². The molecule has 5 nitrogen and oxygen atoms in total. The highest BCUT2D eigenvalue weighted by atomic mass is 32.2. The SMILES string of the molecule is Nc1ccc(S(=O)(=O)OC(=O)c2cccc3ccccc23)c2ccccc12. The Bertz CT molecular complexity index is 1290. The quantitative estimate of drug-likeness (QED) is 0.429. The molecule has 0 aliphatic heterocycles. The Morgan fingerprint density at radius 2 is 1.37 bits per heavy atom. The summed E-state index contributed by atoms with van der Waals surface area (Å²) in [5.41, 5.74) is 6.56. The zero-order valence-electron chi connectivity index (χ0n) is 14.1. The van der Waals surface area contributed by atoms with E-state index in [1.165, 1.54) is 12.1 Å². The van der Waals surface area contributed by atoms with Crippen molar-refractivity contribution in [3.05, 3.63) is 84.4 Å². The maximum absolute atomic E-state index is 12.8. The smallest absolute Gasteiger partial charge is 0.354 e. The van der Waals surface area contributed by atoms with Gasteiger partial charge in [0.2, 0.25) is 0 Å². The molecule has 27 heavy (non-hydrogen) atoms. The molecule has 4 aromatic carbocycles. The second kappa shape index (κ2) is 6.41. The molecule has 0 fully saturated rings. The van der Waals surface area contributed by atoms with Crippen LogP contribution in [0, 0.1) is 0 Å². The number of benzene rings is 4. The fourth-order valence-corrected chi connectivity index (χ4v) is 4.17. The first-order valence-electron chi connectivity index (χ1n) is 8.21. The molecule has 6 heteroatoms. The van der Waals surface area contributed by atoms with Gasteiger partial charge in [-0.2, -0.15) is 8.42 Å². The molecule has 0 unspecified atom stereocenters. The predicted molar refractivity (Wildman–Crippen MR) is 105 cm³/mol. The van der Waals surface area contributed by atoms with Crippen molar-refractivity contribution in [3.8, 4) is 0 Å². The van der Waals surface area contributed by atoms with Crippen LogP contribution in [0.1, 0.15) is 10.4 Å². The number of nitrogens with two attached hydrogens (primary N) is 1. The summed E-state index contributed by atoms with van der Waals surface area (Å²) in [6.45, 7) is 0. The van der Waals surface area contributed by atoms with E-state index >= 15 is 0 Å². The van der Waals surface area contributed by atoms with E-state index in [2.05, 4.69) is 0 Å². The molecule has 4 aromatic rings. The molecular weight excluding hydrogens is 362 g/mol. The zero-order chi connectivity index (χ0) is 19.0. The lowest BCUT2D eigenvalue weighted by atomic mass is 10.1. The first-order chi connectivity index (χ1) is 13.0. The van der Waals surface area contributed by atoms with Gasteiger partial charge in [-0.15, -0.1) is 0 Å². The summed E-state index contributed by atoms with van der Waals surface area (Å²) < 4.78 is 30.5. The highest BCUT2D eigenvalue weighted by Gasteiger charge is 2.25. The van der Waals surface area contributed by atoms with Crippen molar-refractivity contribution < 1.29 is 17.4 Å². The number of hydrogen-bond donors (Lipinski definition) is 1. The van der Waals surface area contributed by atoms with Crippen molar-refractivity contribution in [2.45, 2.75) is 4.90 Å². The maximum atomic E-state index is 12.8. The highest BCUT2D eigenvalue weighted by Crippen LogP contribution is 2.29. The average molecular weight is 377 g/mol. The number of carbonyl (C=O) groups is 1. The van der Waals surface area contributed by atoms with E-state index in [9.17, 15) is 13.2 Å². The third-order valence-corrected chi connectivity index (χ3v) is 5.65. The molecule has 0 aliphatic carbocycles. The zero-order valence-corrected chi connectivity index (χ0v) is 14.9. The average Bonchev–Trinajstić information content (AvgIpc) is 2.67. The first kappa shape index (κ1) is 17.1. The minimum Gasteiger partial charge on any atom is -0.398 e. The van der Waals surface area contributed by atoms with E-state index in [1.54, 1.807) is 48.5 Å². The van der Waals surface area contributed by atoms with E-state index in [0.29, 0.717) is 21.8 Å². The summed E-state index contributed by atoms with van der Waals surface area (Å²) in [6, 6.07) is 21.9. The Morgan fingerprint density at radius 3 is 2.15 bits per heavy atom. The van der Waals surface area contributed by atoms with Gasteiger partial charge in [-0.25, -0.2) is 4.79 Å². The highest BCUT2D eigenvalue weighted by molar-refractivity contribution is 7.87. The van der Waals surface area contributed by atoms with Crippen LogP contribution in [0.5, 0.6) is 0 Å². The van der Waals surface area contributed by atoms with Crippen LogP contribution in [0.4, 0.5) is 5.69 Å². The van der Waals surface area contributed by atoms with Crippen LogP contribution < -0.4 is 5.73 Å². The fourth-order valence-electron chi connectivity index (χ4n) is 3.11. The van der Waals surface area contributed by atoms with Crippen molar-refractivity contribution in [3.63, 3.8) is 0 Å². The summed E-state index contributed by atoms with van der Waals surface area (Å²) in [7, 11) is -4.32. The monoisotopic (exact) mass is 377 g/mol. The lowest BCUT2D eigenvalue weighted by Crippen LogP contribution is -2.14. The van der Waals surface area contributed by atoms with Gasteiger partial charge >= 0.3 is 16.1 Å². The fraction of sp³-hybridized carbons (Fsp3) is 0. The molecule has 0 spiro atoms. The van der Waals surface area contributed by atoms with Crippen LogP contribution >= 0.6 is 0 Å².